The molecule has 0 aliphatic rings. The molecule has 0 aromatic heterocycles. The van der Waals surface area contributed by atoms with E-state index in [1.807, 2.05) is 31.1 Å². The quantitative estimate of drug-likeness (QED) is 0.854. The van der Waals surface area contributed by atoms with Crippen molar-refractivity contribution in [3.63, 3.8) is 0 Å². The Hall–Kier alpha value is -2.43. The molecule has 122 valence electrons. The maximum Gasteiger partial charge on any atom is 0.254 e. The zero-order valence-electron chi connectivity index (χ0n) is 13.7. The highest BCUT2D eigenvalue weighted by Crippen LogP contribution is 2.23. The first-order valence-corrected chi connectivity index (χ1v) is 7.30. The summed E-state index contributed by atoms with van der Waals surface area (Å²) in [4.78, 5) is 16.1. The van der Waals surface area contributed by atoms with E-state index in [4.69, 9.17) is 0 Å². The Morgan fingerprint density at radius 1 is 1.00 bits per heavy atom. The zero-order chi connectivity index (χ0) is 17.1. The van der Waals surface area contributed by atoms with Gasteiger partial charge in [-0.05, 0) is 42.8 Å². The standard InChI is InChI=1S/C18H20F2N2O/c1-12(13-8-9-16(19)17(20)11-13)22(4)18(23)14-6-5-7-15(10-14)21(2)3/h5-12H,1-4H3. The molecule has 0 saturated carbocycles. The third kappa shape index (κ3) is 3.67. The van der Waals surface area contributed by atoms with Crippen molar-refractivity contribution in [1.82, 2.24) is 4.90 Å². The molecule has 5 heteroatoms. The first-order chi connectivity index (χ1) is 10.8. The van der Waals surface area contributed by atoms with E-state index in [0.717, 1.165) is 17.8 Å². The lowest BCUT2D eigenvalue weighted by Crippen LogP contribution is -2.30. The molecule has 0 spiro atoms. The summed E-state index contributed by atoms with van der Waals surface area (Å²) in [7, 11) is 5.45. The summed E-state index contributed by atoms with van der Waals surface area (Å²) in [6.45, 7) is 1.78. The van der Waals surface area contributed by atoms with Crippen LogP contribution < -0.4 is 4.90 Å². The molecule has 3 nitrogen and oxygen atoms in total. The summed E-state index contributed by atoms with van der Waals surface area (Å²) in [6, 6.07) is 10.6. The maximum atomic E-state index is 13.4. The predicted molar refractivity (Wildman–Crippen MR) is 87.6 cm³/mol. The normalized spacial score (nSPS) is 11.9. The van der Waals surface area contributed by atoms with E-state index in [-0.39, 0.29) is 11.9 Å². The summed E-state index contributed by atoms with van der Waals surface area (Å²) in [5.74, 6) is -1.98. The smallest absolute Gasteiger partial charge is 0.254 e. The molecule has 1 amide bonds. The fourth-order valence-electron chi connectivity index (χ4n) is 2.29. The highest BCUT2D eigenvalue weighted by atomic mass is 19.2. The van der Waals surface area contributed by atoms with E-state index in [0.29, 0.717) is 11.1 Å². The number of carbonyl (C=O) groups excluding carboxylic acids is 1. The molecule has 23 heavy (non-hydrogen) atoms. The molecule has 1 atom stereocenters. The maximum absolute atomic E-state index is 13.4. The Balaban J connectivity index is 2.24. The minimum Gasteiger partial charge on any atom is -0.378 e. The molecule has 0 aliphatic heterocycles. The van der Waals surface area contributed by atoms with Crippen LogP contribution in [0.4, 0.5) is 14.5 Å². The third-order valence-corrected chi connectivity index (χ3v) is 3.94. The van der Waals surface area contributed by atoms with E-state index >= 15 is 0 Å². The summed E-state index contributed by atoms with van der Waals surface area (Å²) in [5.41, 5.74) is 2.02. The van der Waals surface area contributed by atoms with Gasteiger partial charge in [-0.25, -0.2) is 8.78 Å². The van der Waals surface area contributed by atoms with E-state index in [2.05, 4.69) is 0 Å². The second kappa shape index (κ2) is 6.77. The number of hydrogen-bond donors (Lipinski definition) is 0. The minimum absolute atomic E-state index is 0.175. The van der Waals surface area contributed by atoms with Gasteiger partial charge >= 0.3 is 0 Å². The first-order valence-electron chi connectivity index (χ1n) is 7.30. The average Bonchev–Trinajstić information content (AvgIpc) is 2.55. The predicted octanol–water partition coefficient (Wildman–Crippen LogP) is 3.86. The molecule has 0 fully saturated rings. The number of halogens is 2. The van der Waals surface area contributed by atoms with Crippen molar-refractivity contribution in [2.24, 2.45) is 0 Å². The van der Waals surface area contributed by atoms with Crippen LogP contribution in [0, 0.1) is 11.6 Å². The van der Waals surface area contributed by atoms with Gasteiger partial charge in [0, 0.05) is 32.4 Å². The number of hydrogen-bond acceptors (Lipinski definition) is 2. The van der Waals surface area contributed by atoms with Crippen molar-refractivity contribution < 1.29 is 13.6 Å². The third-order valence-electron chi connectivity index (χ3n) is 3.94. The molecule has 2 rings (SSSR count). The highest BCUT2D eigenvalue weighted by Gasteiger charge is 2.20. The molecule has 0 bridgehead atoms. The number of carbonyl (C=O) groups is 1. The average molecular weight is 318 g/mol. The molecule has 0 saturated heterocycles. The molecule has 0 N–H and O–H groups in total. The lowest BCUT2D eigenvalue weighted by Gasteiger charge is -2.26. The molecule has 0 aliphatic carbocycles. The van der Waals surface area contributed by atoms with Crippen molar-refractivity contribution in [3.8, 4) is 0 Å². The monoisotopic (exact) mass is 318 g/mol. The largest absolute Gasteiger partial charge is 0.378 e. The van der Waals surface area contributed by atoms with Crippen LogP contribution in [0.25, 0.3) is 0 Å². The Labute approximate surface area is 135 Å². The molecule has 2 aromatic carbocycles. The van der Waals surface area contributed by atoms with Gasteiger partial charge in [0.15, 0.2) is 11.6 Å². The number of anilines is 1. The lowest BCUT2D eigenvalue weighted by atomic mass is 10.1. The number of benzene rings is 2. The topological polar surface area (TPSA) is 23.6 Å². The Morgan fingerprint density at radius 2 is 1.70 bits per heavy atom. The van der Waals surface area contributed by atoms with Gasteiger partial charge < -0.3 is 9.80 Å². The van der Waals surface area contributed by atoms with Crippen LogP contribution >= 0.6 is 0 Å². The van der Waals surface area contributed by atoms with Crippen molar-refractivity contribution in [2.45, 2.75) is 13.0 Å². The SMILES string of the molecule is CC(c1ccc(F)c(F)c1)N(C)C(=O)c1cccc(N(C)C)c1. The molecule has 0 radical (unpaired) electrons. The molecule has 1 unspecified atom stereocenters. The van der Waals surface area contributed by atoms with Crippen molar-refractivity contribution in [1.29, 1.82) is 0 Å². The Bertz CT molecular complexity index is 716. The fourth-order valence-corrected chi connectivity index (χ4v) is 2.29. The van der Waals surface area contributed by atoms with E-state index < -0.39 is 11.6 Å². The summed E-state index contributed by atoms with van der Waals surface area (Å²) >= 11 is 0. The van der Waals surface area contributed by atoms with Gasteiger partial charge in [0.2, 0.25) is 0 Å². The van der Waals surface area contributed by atoms with Gasteiger partial charge in [0.05, 0.1) is 6.04 Å². The molecular weight excluding hydrogens is 298 g/mol. The summed E-state index contributed by atoms with van der Waals surface area (Å²) < 4.78 is 26.4. The van der Waals surface area contributed by atoms with Crippen LogP contribution in [-0.2, 0) is 0 Å². The van der Waals surface area contributed by atoms with Crippen LogP contribution in [0.3, 0.4) is 0 Å². The van der Waals surface area contributed by atoms with Crippen molar-refractivity contribution in [3.05, 3.63) is 65.2 Å². The second-order valence-corrected chi connectivity index (χ2v) is 5.71. The summed E-state index contributed by atoms with van der Waals surface area (Å²) in [5, 5.41) is 0. The van der Waals surface area contributed by atoms with Gasteiger partial charge in [0.1, 0.15) is 0 Å². The molecule has 0 heterocycles. The Morgan fingerprint density at radius 3 is 2.30 bits per heavy atom. The van der Waals surface area contributed by atoms with E-state index in [1.165, 1.54) is 11.0 Å². The highest BCUT2D eigenvalue weighted by molar-refractivity contribution is 5.95. The Kier molecular flexibility index (Phi) is 4.98. The van der Waals surface area contributed by atoms with Crippen LogP contribution in [0.15, 0.2) is 42.5 Å². The summed E-state index contributed by atoms with van der Waals surface area (Å²) in [6.07, 6.45) is 0. The van der Waals surface area contributed by atoms with Gasteiger partial charge in [-0.3, -0.25) is 4.79 Å². The fraction of sp³-hybridized carbons (Fsp3) is 0.278. The first kappa shape index (κ1) is 16.9. The van der Waals surface area contributed by atoms with Gasteiger partial charge in [-0.15, -0.1) is 0 Å². The van der Waals surface area contributed by atoms with Crippen LogP contribution in [-0.4, -0.2) is 32.0 Å². The van der Waals surface area contributed by atoms with Gasteiger partial charge in [0.25, 0.3) is 5.91 Å². The molecular formula is C18H20F2N2O. The molecule has 2 aromatic rings. The minimum atomic E-state index is -0.912. The van der Waals surface area contributed by atoms with E-state index in [1.54, 1.807) is 26.1 Å². The van der Waals surface area contributed by atoms with Crippen LogP contribution in [0.2, 0.25) is 0 Å². The number of nitrogens with zero attached hydrogens (tertiary/aromatic N) is 2. The van der Waals surface area contributed by atoms with E-state index in [9.17, 15) is 13.6 Å². The number of amides is 1. The van der Waals surface area contributed by atoms with Gasteiger partial charge in [-0.2, -0.15) is 0 Å². The van der Waals surface area contributed by atoms with Crippen LogP contribution in [0.5, 0.6) is 0 Å². The van der Waals surface area contributed by atoms with Crippen molar-refractivity contribution >= 4 is 11.6 Å². The zero-order valence-corrected chi connectivity index (χ0v) is 13.7. The van der Waals surface area contributed by atoms with Gasteiger partial charge in [-0.1, -0.05) is 12.1 Å². The van der Waals surface area contributed by atoms with Crippen molar-refractivity contribution in [2.75, 3.05) is 26.0 Å². The lowest BCUT2D eigenvalue weighted by molar-refractivity contribution is 0.0742. The number of rotatable bonds is 4. The van der Waals surface area contributed by atoms with Crippen LogP contribution in [0.1, 0.15) is 28.9 Å². The second-order valence-electron chi connectivity index (χ2n) is 5.71.